The third kappa shape index (κ3) is 5.46. The average Bonchev–Trinajstić information content (AvgIpc) is 2.89. The maximum absolute atomic E-state index is 13.1. The second-order valence-corrected chi connectivity index (χ2v) is 11.6. The molecular weight excluding hydrogens is 448 g/mol. The summed E-state index contributed by atoms with van der Waals surface area (Å²) in [5, 5.41) is 0. The summed E-state index contributed by atoms with van der Waals surface area (Å²) in [5.74, 6) is 2.33. The van der Waals surface area contributed by atoms with Gasteiger partial charge in [0.1, 0.15) is 17.1 Å². The minimum Gasteiger partial charge on any atom is -0.482 e. The second kappa shape index (κ2) is 10.9. The highest BCUT2D eigenvalue weighted by molar-refractivity contribution is 5.85. The highest BCUT2D eigenvalue weighted by atomic mass is 16.5. The topological polar surface area (TPSA) is 51.7 Å². The molecule has 2 fully saturated rings. The van der Waals surface area contributed by atoms with E-state index in [0.717, 1.165) is 48.5 Å². The fourth-order valence-electron chi connectivity index (χ4n) is 6.46. The van der Waals surface area contributed by atoms with Crippen LogP contribution in [0.5, 0.6) is 11.5 Å². The zero-order valence-electron chi connectivity index (χ0n) is 22.4. The van der Waals surface area contributed by atoms with Crippen LogP contribution in [0.3, 0.4) is 0 Å². The largest absolute Gasteiger partial charge is 0.482 e. The molecule has 1 aliphatic carbocycles. The molecule has 5 nitrogen and oxygen atoms in total. The Morgan fingerprint density at radius 3 is 2.67 bits per heavy atom. The molecule has 0 amide bonds. The number of hydrogen-bond acceptors (Lipinski definition) is 5. The number of esters is 1. The van der Waals surface area contributed by atoms with Crippen LogP contribution in [0.2, 0.25) is 0 Å². The maximum Gasteiger partial charge on any atom is 0.311 e. The number of fused-ring (bicyclic) bond motifs is 3. The van der Waals surface area contributed by atoms with Gasteiger partial charge in [0.05, 0.1) is 5.56 Å². The fraction of sp³-hybridized carbons (Fsp3) is 0.613. The SMILES string of the molecule is CC(c1cc(OC(=O)CCCN2CCCCC2)c2c(c1)OC(C)(C)c1ccncc1-2)C1CCCCC1. The number of carbonyl (C=O) groups excluding carboxylic acids is 1. The molecule has 5 heteroatoms. The van der Waals surface area contributed by atoms with Crippen molar-refractivity contribution < 1.29 is 14.3 Å². The molecule has 1 saturated heterocycles. The molecule has 3 heterocycles. The minimum absolute atomic E-state index is 0.160. The Hall–Kier alpha value is -2.40. The third-order valence-corrected chi connectivity index (χ3v) is 8.60. The molecule has 2 aliphatic heterocycles. The van der Waals surface area contributed by atoms with E-state index in [1.54, 1.807) is 6.20 Å². The van der Waals surface area contributed by atoms with Crippen LogP contribution in [0.15, 0.2) is 30.6 Å². The van der Waals surface area contributed by atoms with Gasteiger partial charge in [-0.25, -0.2) is 0 Å². The Labute approximate surface area is 216 Å². The van der Waals surface area contributed by atoms with Crippen molar-refractivity contribution in [3.05, 3.63) is 41.7 Å². The number of carbonyl (C=O) groups is 1. The lowest BCUT2D eigenvalue weighted by atomic mass is 9.77. The predicted molar refractivity (Wildman–Crippen MR) is 143 cm³/mol. The summed E-state index contributed by atoms with van der Waals surface area (Å²) in [6, 6.07) is 6.32. The first-order valence-electron chi connectivity index (χ1n) is 14.2. The van der Waals surface area contributed by atoms with Crippen LogP contribution in [0.4, 0.5) is 0 Å². The van der Waals surface area contributed by atoms with Crippen LogP contribution < -0.4 is 9.47 Å². The molecule has 36 heavy (non-hydrogen) atoms. The van der Waals surface area contributed by atoms with Gasteiger partial charge in [0, 0.05) is 29.9 Å². The van der Waals surface area contributed by atoms with E-state index in [9.17, 15) is 4.79 Å². The van der Waals surface area contributed by atoms with E-state index in [4.69, 9.17) is 9.47 Å². The Balaban J connectivity index is 1.42. The molecule has 0 bridgehead atoms. The summed E-state index contributed by atoms with van der Waals surface area (Å²) in [6.45, 7) is 9.79. The molecule has 194 valence electrons. The first-order valence-corrected chi connectivity index (χ1v) is 14.2. The molecular formula is C31H42N2O3. The summed E-state index contributed by atoms with van der Waals surface area (Å²) < 4.78 is 12.7. The van der Waals surface area contributed by atoms with Crippen LogP contribution in [-0.4, -0.2) is 35.5 Å². The lowest BCUT2D eigenvalue weighted by molar-refractivity contribution is -0.134. The van der Waals surface area contributed by atoms with Crippen molar-refractivity contribution in [1.82, 2.24) is 9.88 Å². The average molecular weight is 491 g/mol. The number of rotatable bonds is 7. The summed E-state index contributed by atoms with van der Waals surface area (Å²) in [4.78, 5) is 20.0. The van der Waals surface area contributed by atoms with E-state index in [2.05, 4.69) is 42.8 Å². The van der Waals surface area contributed by atoms with Gasteiger partial charge in [-0.15, -0.1) is 0 Å². The Bertz CT molecular complexity index is 1070. The first kappa shape index (κ1) is 25.3. The van der Waals surface area contributed by atoms with Crippen LogP contribution in [0.1, 0.15) is 102 Å². The molecule has 1 saturated carbocycles. The van der Waals surface area contributed by atoms with E-state index in [-0.39, 0.29) is 5.97 Å². The van der Waals surface area contributed by atoms with Gasteiger partial charge in [-0.1, -0.05) is 32.6 Å². The molecule has 1 atom stereocenters. The lowest BCUT2D eigenvalue weighted by Crippen LogP contribution is -2.31. The first-order chi connectivity index (χ1) is 17.4. The van der Waals surface area contributed by atoms with E-state index in [0.29, 0.717) is 24.0 Å². The molecule has 5 rings (SSSR count). The fourth-order valence-corrected chi connectivity index (χ4v) is 6.46. The number of ether oxygens (including phenoxy) is 2. The number of likely N-dealkylation sites (tertiary alicyclic amines) is 1. The Kier molecular flexibility index (Phi) is 7.66. The van der Waals surface area contributed by atoms with Gasteiger partial charge in [0.15, 0.2) is 0 Å². The van der Waals surface area contributed by atoms with Gasteiger partial charge in [0.2, 0.25) is 0 Å². The number of pyridine rings is 1. The van der Waals surface area contributed by atoms with Gasteiger partial charge >= 0.3 is 5.97 Å². The molecule has 3 aliphatic rings. The van der Waals surface area contributed by atoms with Crippen molar-refractivity contribution in [1.29, 1.82) is 0 Å². The summed E-state index contributed by atoms with van der Waals surface area (Å²) in [7, 11) is 0. The molecule has 0 radical (unpaired) electrons. The van der Waals surface area contributed by atoms with E-state index >= 15 is 0 Å². The van der Waals surface area contributed by atoms with Crippen LogP contribution in [0.25, 0.3) is 11.1 Å². The second-order valence-electron chi connectivity index (χ2n) is 11.6. The molecule has 1 aromatic carbocycles. The van der Waals surface area contributed by atoms with E-state index < -0.39 is 5.60 Å². The van der Waals surface area contributed by atoms with Crippen molar-refractivity contribution in [3.8, 4) is 22.6 Å². The highest BCUT2D eigenvalue weighted by Gasteiger charge is 2.36. The number of nitrogens with zero attached hydrogens (tertiary/aromatic N) is 2. The van der Waals surface area contributed by atoms with Crippen LogP contribution in [0, 0.1) is 5.92 Å². The zero-order chi connectivity index (χ0) is 25.1. The molecule has 0 N–H and O–H groups in total. The predicted octanol–water partition coefficient (Wildman–Crippen LogP) is 7.23. The lowest BCUT2D eigenvalue weighted by Gasteiger charge is -2.36. The number of aromatic nitrogens is 1. The Morgan fingerprint density at radius 2 is 1.89 bits per heavy atom. The molecule has 1 aromatic heterocycles. The zero-order valence-corrected chi connectivity index (χ0v) is 22.4. The highest BCUT2D eigenvalue weighted by Crippen LogP contribution is 2.51. The normalized spacial score (nSPS) is 20.6. The maximum atomic E-state index is 13.1. The van der Waals surface area contributed by atoms with Gasteiger partial charge in [-0.3, -0.25) is 9.78 Å². The van der Waals surface area contributed by atoms with Crippen molar-refractivity contribution in [2.45, 2.75) is 96.5 Å². The molecule has 0 spiro atoms. The number of piperidine rings is 1. The van der Waals surface area contributed by atoms with Crippen LogP contribution >= 0.6 is 0 Å². The van der Waals surface area contributed by atoms with Crippen molar-refractivity contribution in [2.24, 2.45) is 5.92 Å². The van der Waals surface area contributed by atoms with Crippen molar-refractivity contribution in [3.63, 3.8) is 0 Å². The summed E-state index contributed by atoms with van der Waals surface area (Å²) in [6.07, 6.45) is 15.3. The van der Waals surface area contributed by atoms with Gasteiger partial charge < -0.3 is 14.4 Å². The number of hydrogen-bond donors (Lipinski definition) is 0. The Morgan fingerprint density at radius 1 is 1.14 bits per heavy atom. The molecule has 1 unspecified atom stereocenters. The summed E-state index contributed by atoms with van der Waals surface area (Å²) >= 11 is 0. The van der Waals surface area contributed by atoms with Crippen molar-refractivity contribution in [2.75, 3.05) is 19.6 Å². The minimum atomic E-state index is -0.478. The van der Waals surface area contributed by atoms with Gasteiger partial charge in [-0.2, -0.15) is 0 Å². The third-order valence-electron chi connectivity index (χ3n) is 8.60. The standard InChI is InChI=1S/C31H42N2O3/c1-22(23-11-6-4-7-12-23)24-19-27(35-29(34)13-10-18-33-16-8-5-9-17-33)30-25-21-32-15-14-26(25)31(2,3)36-28(30)20-24/h14-15,19-23H,4-13,16-18H2,1-3H3. The monoisotopic (exact) mass is 490 g/mol. The number of benzene rings is 1. The van der Waals surface area contributed by atoms with E-state index in [1.807, 2.05) is 12.3 Å². The van der Waals surface area contributed by atoms with Crippen LogP contribution in [-0.2, 0) is 10.4 Å². The van der Waals surface area contributed by atoms with E-state index in [1.165, 1.54) is 56.9 Å². The quantitative estimate of drug-likeness (QED) is 0.303. The van der Waals surface area contributed by atoms with Gasteiger partial charge in [-0.05, 0) is 101 Å². The molecule has 2 aromatic rings. The smallest absolute Gasteiger partial charge is 0.311 e. The van der Waals surface area contributed by atoms with Crippen molar-refractivity contribution >= 4 is 5.97 Å². The summed E-state index contributed by atoms with van der Waals surface area (Å²) in [5.41, 5.74) is 3.66. The van der Waals surface area contributed by atoms with Gasteiger partial charge in [0.25, 0.3) is 0 Å².